The van der Waals surface area contributed by atoms with E-state index in [1.807, 2.05) is 46.8 Å². The molecule has 2 N–H and O–H groups in total. The molecule has 1 amide bonds. The fraction of sp³-hybridized carbons (Fsp3) is 0.643. The minimum absolute atomic E-state index is 0.401. The summed E-state index contributed by atoms with van der Waals surface area (Å²) in [5, 5.41) is 6.10. The van der Waals surface area contributed by atoms with Crippen LogP contribution in [0.2, 0.25) is 0 Å². The zero-order valence-corrected chi connectivity index (χ0v) is 14.8. The first kappa shape index (κ1) is 17.3. The summed E-state index contributed by atoms with van der Waals surface area (Å²) in [5.74, 6) is 0.877. The van der Waals surface area contributed by atoms with Gasteiger partial charge >= 0.3 is 6.09 Å². The van der Waals surface area contributed by atoms with Crippen molar-refractivity contribution in [1.29, 1.82) is 0 Å². The first-order valence-electron chi connectivity index (χ1n) is 6.53. The second-order valence-electron chi connectivity index (χ2n) is 6.32. The summed E-state index contributed by atoms with van der Waals surface area (Å²) in [6.45, 7) is 10.7. The number of nitrogens with one attached hydrogen (secondary N) is 2. The summed E-state index contributed by atoms with van der Waals surface area (Å²) in [4.78, 5) is 11.7. The number of carbonyl (C=O) groups is 1. The number of rotatable bonds is 5. The van der Waals surface area contributed by atoms with E-state index in [0.29, 0.717) is 13.1 Å². The van der Waals surface area contributed by atoms with E-state index in [9.17, 15) is 4.79 Å². The summed E-state index contributed by atoms with van der Waals surface area (Å²) in [6, 6.07) is 3.85. The van der Waals surface area contributed by atoms with Crippen LogP contribution in [0, 0.1) is 3.77 Å². The molecule has 0 aliphatic carbocycles. The molecule has 0 aromatic carbocycles. The van der Waals surface area contributed by atoms with Crippen LogP contribution in [-0.2, 0) is 11.3 Å². The van der Waals surface area contributed by atoms with Gasteiger partial charge in [-0.05, 0) is 69.3 Å². The molecule has 0 atom stereocenters. The number of hydrogen-bond donors (Lipinski definition) is 2. The van der Waals surface area contributed by atoms with Crippen molar-refractivity contribution >= 4 is 28.7 Å². The highest BCUT2D eigenvalue weighted by molar-refractivity contribution is 14.1. The second kappa shape index (κ2) is 6.80. The quantitative estimate of drug-likeness (QED) is 0.753. The number of alkyl carbamates (subject to hydrolysis) is 1. The molecule has 114 valence electrons. The molecular formula is C14H23IN2O3. The van der Waals surface area contributed by atoms with E-state index >= 15 is 0 Å². The Bertz CT molecular complexity index is 450. The van der Waals surface area contributed by atoms with Crippen molar-refractivity contribution in [1.82, 2.24) is 10.6 Å². The van der Waals surface area contributed by atoms with E-state index < -0.39 is 17.2 Å². The lowest BCUT2D eigenvalue weighted by Crippen LogP contribution is -2.51. The molecule has 0 aliphatic rings. The van der Waals surface area contributed by atoms with Crippen molar-refractivity contribution in [3.8, 4) is 0 Å². The average molecular weight is 394 g/mol. The van der Waals surface area contributed by atoms with Gasteiger partial charge in [0, 0.05) is 6.54 Å². The highest BCUT2D eigenvalue weighted by Gasteiger charge is 2.24. The lowest BCUT2D eigenvalue weighted by Gasteiger charge is -2.28. The molecule has 1 rings (SSSR count). The summed E-state index contributed by atoms with van der Waals surface area (Å²) in [7, 11) is 0. The van der Waals surface area contributed by atoms with E-state index in [-0.39, 0.29) is 0 Å². The Hall–Kier alpha value is -0.760. The molecule has 0 bridgehead atoms. The van der Waals surface area contributed by atoms with E-state index in [4.69, 9.17) is 9.15 Å². The van der Waals surface area contributed by atoms with Crippen LogP contribution in [-0.4, -0.2) is 23.8 Å². The average Bonchev–Trinajstić information content (AvgIpc) is 2.59. The van der Waals surface area contributed by atoms with Gasteiger partial charge in [-0.1, -0.05) is 0 Å². The van der Waals surface area contributed by atoms with Gasteiger partial charge in [-0.2, -0.15) is 0 Å². The van der Waals surface area contributed by atoms with Gasteiger partial charge in [-0.3, -0.25) is 0 Å². The summed E-state index contributed by atoms with van der Waals surface area (Å²) >= 11 is 2.13. The molecule has 0 aliphatic heterocycles. The molecule has 0 spiro atoms. The summed E-state index contributed by atoms with van der Waals surface area (Å²) in [5.41, 5.74) is -0.888. The molecule has 20 heavy (non-hydrogen) atoms. The molecule has 5 nitrogen and oxygen atoms in total. The number of carbonyl (C=O) groups excluding carboxylic acids is 1. The van der Waals surface area contributed by atoms with Crippen LogP contribution in [0.4, 0.5) is 4.79 Å². The highest BCUT2D eigenvalue weighted by Crippen LogP contribution is 2.11. The minimum atomic E-state index is -0.488. The molecular weight excluding hydrogens is 371 g/mol. The Kier molecular flexibility index (Phi) is 5.88. The van der Waals surface area contributed by atoms with E-state index in [1.165, 1.54) is 0 Å². The molecule has 0 fully saturated rings. The third-order valence-electron chi connectivity index (χ3n) is 2.33. The number of ether oxygens (including phenoxy) is 1. The fourth-order valence-electron chi connectivity index (χ4n) is 1.57. The van der Waals surface area contributed by atoms with Gasteiger partial charge < -0.3 is 19.8 Å². The Balaban J connectivity index is 2.35. The van der Waals surface area contributed by atoms with Crippen molar-refractivity contribution in [2.45, 2.75) is 52.3 Å². The Labute approximate surface area is 134 Å². The van der Waals surface area contributed by atoms with Crippen LogP contribution in [0.3, 0.4) is 0 Å². The lowest BCUT2D eigenvalue weighted by atomic mass is 10.1. The Morgan fingerprint density at radius 3 is 2.45 bits per heavy atom. The first-order chi connectivity index (χ1) is 9.07. The topological polar surface area (TPSA) is 63.5 Å². The summed E-state index contributed by atoms with van der Waals surface area (Å²) in [6.07, 6.45) is -0.406. The van der Waals surface area contributed by atoms with Crippen LogP contribution in [0.15, 0.2) is 16.5 Å². The van der Waals surface area contributed by atoms with Crippen molar-refractivity contribution < 1.29 is 13.9 Å². The van der Waals surface area contributed by atoms with Crippen LogP contribution in [0.1, 0.15) is 40.4 Å². The van der Waals surface area contributed by atoms with Gasteiger partial charge in [-0.15, -0.1) is 0 Å². The molecule has 1 heterocycles. The smallest absolute Gasteiger partial charge is 0.408 e. The van der Waals surface area contributed by atoms with Gasteiger partial charge in [0.1, 0.15) is 11.4 Å². The van der Waals surface area contributed by atoms with Crippen molar-refractivity contribution in [3.05, 3.63) is 21.7 Å². The van der Waals surface area contributed by atoms with E-state index in [0.717, 1.165) is 9.53 Å². The zero-order valence-electron chi connectivity index (χ0n) is 12.7. The normalized spacial score (nSPS) is 12.3. The van der Waals surface area contributed by atoms with Crippen LogP contribution in [0.5, 0.6) is 0 Å². The van der Waals surface area contributed by atoms with Gasteiger partial charge in [0.15, 0.2) is 3.77 Å². The van der Waals surface area contributed by atoms with Crippen molar-refractivity contribution in [3.63, 3.8) is 0 Å². The molecule has 0 radical (unpaired) electrons. The molecule has 0 unspecified atom stereocenters. The molecule has 1 aromatic heterocycles. The first-order valence-corrected chi connectivity index (χ1v) is 7.61. The van der Waals surface area contributed by atoms with Crippen molar-refractivity contribution in [2.24, 2.45) is 0 Å². The Morgan fingerprint density at radius 2 is 1.95 bits per heavy atom. The maximum atomic E-state index is 11.7. The fourth-order valence-corrected chi connectivity index (χ4v) is 2.03. The number of hydrogen-bond acceptors (Lipinski definition) is 4. The SMILES string of the molecule is CC(C)(CNCc1ccc(I)o1)NC(=O)OC(C)(C)C. The van der Waals surface area contributed by atoms with E-state index in [1.54, 1.807) is 0 Å². The lowest BCUT2D eigenvalue weighted by molar-refractivity contribution is 0.0472. The zero-order chi connectivity index (χ0) is 15.4. The predicted octanol–water partition coefficient (Wildman–Crippen LogP) is 3.28. The number of amides is 1. The van der Waals surface area contributed by atoms with Crippen molar-refractivity contribution in [2.75, 3.05) is 6.54 Å². The van der Waals surface area contributed by atoms with Gasteiger partial charge in [-0.25, -0.2) is 4.79 Å². The Morgan fingerprint density at radius 1 is 1.30 bits per heavy atom. The van der Waals surface area contributed by atoms with Gasteiger partial charge in [0.05, 0.1) is 12.1 Å². The molecule has 0 saturated heterocycles. The maximum Gasteiger partial charge on any atom is 0.408 e. The van der Waals surface area contributed by atoms with Crippen LogP contribution in [0.25, 0.3) is 0 Å². The maximum absolute atomic E-state index is 11.7. The molecule has 6 heteroatoms. The standard InChI is InChI=1S/C14H23IN2O3/c1-13(2,3)20-12(18)17-14(4,5)9-16-8-10-6-7-11(15)19-10/h6-7,16H,8-9H2,1-5H3,(H,17,18). The van der Waals surface area contributed by atoms with Crippen LogP contribution >= 0.6 is 22.6 Å². The highest BCUT2D eigenvalue weighted by atomic mass is 127. The molecule has 0 saturated carbocycles. The molecule has 1 aromatic rings. The number of halogens is 1. The van der Waals surface area contributed by atoms with E-state index in [2.05, 4.69) is 33.2 Å². The predicted molar refractivity (Wildman–Crippen MR) is 86.6 cm³/mol. The third kappa shape index (κ3) is 7.14. The second-order valence-corrected chi connectivity index (χ2v) is 7.38. The minimum Gasteiger partial charge on any atom is -0.454 e. The number of furan rings is 1. The summed E-state index contributed by atoms with van der Waals surface area (Å²) < 4.78 is 11.6. The largest absolute Gasteiger partial charge is 0.454 e. The third-order valence-corrected chi connectivity index (χ3v) is 2.91. The van der Waals surface area contributed by atoms with Crippen LogP contribution < -0.4 is 10.6 Å². The van der Waals surface area contributed by atoms with Gasteiger partial charge in [0.25, 0.3) is 0 Å². The monoisotopic (exact) mass is 394 g/mol. The van der Waals surface area contributed by atoms with Gasteiger partial charge in [0.2, 0.25) is 0 Å².